The van der Waals surface area contributed by atoms with Gasteiger partial charge in [0.2, 0.25) is 0 Å². The number of aromatic nitrogens is 1. The molecular weight excluding hydrogens is 222 g/mol. The van der Waals surface area contributed by atoms with E-state index in [-0.39, 0.29) is 0 Å². The molecule has 1 heterocycles. The molecule has 1 fully saturated rings. The summed E-state index contributed by atoms with van der Waals surface area (Å²) in [6, 6.07) is 4.28. The van der Waals surface area contributed by atoms with Crippen LogP contribution in [0.1, 0.15) is 32.3 Å². The number of anilines is 1. The molecule has 0 bridgehead atoms. The van der Waals surface area contributed by atoms with Gasteiger partial charge in [-0.3, -0.25) is 0 Å². The molecule has 1 aliphatic rings. The predicted octanol–water partition coefficient (Wildman–Crippen LogP) is 2.99. The normalized spacial score (nSPS) is 22.2. The smallest absolute Gasteiger partial charge is 0.126 e. The Morgan fingerprint density at radius 3 is 2.94 bits per heavy atom. The van der Waals surface area contributed by atoms with Gasteiger partial charge in [-0.1, -0.05) is 13.8 Å². The maximum atomic E-state index is 4.34. The lowest BCUT2D eigenvalue weighted by Crippen LogP contribution is -2.21. The van der Waals surface area contributed by atoms with Gasteiger partial charge in [0, 0.05) is 25.8 Å². The van der Waals surface area contributed by atoms with Crippen molar-refractivity contribution < 1.29 is 0 Å². The van der Waals surface area contributed by atoms with Gasteiger partial charge in [-0.2, -0.15) is 0 Å². The van der Waals surface area contributed by atoms with Crippen molar-refractivity contribution in [3.05, 3.63) is 23.9 Å². The van der Waals surface area contributed by atoms with Crippen molar-refractivity contribution in [2.75, 3.05) is 25.5 Å². The van der Waals surface area contributed by atoms with Gasteiger partial charge in [0.1, 0.15) is 5.82 Å². The first-order valence-electron chi connectivity index (χ1n) is 7.06. The fraction of sp³-hybridized carbons (Fsp3) is 0.667. The van der Waals surface area contributed by atoms with Crippen LogP contribution in [0, 0.1) is 11.8 Å². The third-order valence-electron chi connectivity index (χ3n) is 3.66. The molecule has 0 radical (unpaired) electrons. The highest BCUT2D eigenvalue weighted by atomic mass is 15.1. The minimum atomic E-state index is 0.925. The number of rotatable bonds is 7. The molecule has 3 nitrogen and oxygen atoms in total. The number of nitrogens with zero attached hydrogens (tertiary/aromatic N) is 2. The van der Waals surface area contributed by atoms with Gasteiger partial charge in [-0.15, -0.1) is 0 Å². The molecule has 0 aromatic carbocycles. The van der Waals surface area contributed by atoms with Crippen molar-refractivity contribution in [2.24, 2.45) is 11.8 Å². The molecule has 1 saturated carbocycles. The third-order valence-corrected chi connectivity index (χ3v) is 3.66. The molecule has 1 aromatic heterocycles. The minimum absolute atomic E-state index is 0.925. The fourth-order valence-corrected chi connectivity index (χ4v) is 2.35. The average Bonchev–Trinajstić information content (AvgIpc) is 3.02. The first-order valence-corrected chi connectivity index (χ1v) is 7.06. The summed E-state index contributed by atoms with van der Waals surface area (Å²) in [5.74, 6) is 2.86. The maximum absolute atomic E-state index is 4.34. The van der Waals surface area contributed by atoms with Gasteiger partial charge in [-0.25, -0.2) is 4.98 Å². The number of hydrogen-bond acceptors (Lipinski definition) is 3. The molecule has 1 aromatic rings. The number of nitrogens with one attached hydrogen (secondary N) is 1. The molecule has 2 unspecified atom stereocenters. The lowest BCUT2D eigenvalue weighted by atomic mass is 10.2. The molecule has 0 aliphatic heterocycles. The van der Waals surface area contributed by atoms with Crippen LogP contribution in [0.2, 0.25) is 0 Å². The van der Waals surface area contributed by atoms with E-state index in [0.29, 0.717) is 0 Å². The molecule has 100 valence electrons. The molecule has 0 spiro atoms. The Bertz CT molecular complexity index is 378. The van der Waals surface area contributed by atoms with Crippen LogP contribution in [0.4, 0.5) is 5.82 Å². The van der Waals surface area contributed by atoms with Crippen molar-refractivity contribution in [3.8, 4) is 0 Å². The van der Waals surface area contributed by atoms with Crippen molar-refractivity contribution in [1.82, 2.24) is 9.88 Å². The van der Waals surface area contributed by atoms with Gasteiger partial charge in [0.25, 0.3) is 0 Å². The van der Waals surface area contributed by atoms with E-state index in [2.05, 4.69) is 48.2 Å². The van der Waals surface area contributed by atoms with Crippen molar-refractivity contribution >= 4 is 5.82 Å². The topological polar surface area (TPSA) is 28.2 Å². The maximum Gasteiger partial charge on any atom is 0.126 e. The summed E-state index contributed by atoms with van der Waals surface area (Å²) in [6.07, 6.45) is 4.44. The van der Waals surface area contributed by atoms with Gasteiger partial charge < -0.3 is 10.2 Å². The molecule has 1 aliphatic carbocycles. The summed E-state index contributed by atoms with van der Waals surface area (Å²) in [4.78, 5) is 6.76. The molecule has 2 rings (SSSR count). The quantitative estimate of drug-likeness (QED) is 0.803. The molecule has 1 N–H and O–H groups in total. The van der Waals surface area contributed by atoms with Gasteiger partial charge >= 0.3 is 0 Å². The van der Waals surface area contributed by atoms with E-state index in [1.54, 1.807) is 0 Å². The monoisotopic (exact) mass is 247 g/mol. The van der Waals surface area contributed by atoms with Crippen LogP contribution in [0.25, 0.3) is 0 Å². The van der Waals surface area contributed by atoms with E-state index in [1.807, 2.05) is 6.20 Å². The van der Waals surface area contributed by atoms with Crippen LogP contribution in [-0.4, -0.2) is 30.0 Å². The second-order valence-corrected chi connectivity index (χ2v) is 5.65. The van der Waals surface area contributed by atoms with Gasteiger partial charge in [0.05, 0.1) is 0 Å². The van der Waals surface area contributed by atoms with Crippen molar-refractivity contribution in [3.63, 3.8) is 0 Å². The number of hydrogen-bond donors (Lipinski definition) is 1. The van der Waals surface area contributed by atoms with Gasteiger partial charge in [0.15, 0.2) is 0 Å². The molecule has 2 atom stereocenters. The second-order valence-electron chi connectivity index (χ2n) is 5.65. The summed E-state index contributed by atoms with van der Waals surface area (Å²) in [6.45, 7) is 7.75. The van der Waals surface area contributed by atoms with E-state index < -0.39 is 0 Å². The molecular formula is C15H25N3. The largest absolute Gasteiger partial charge is 0.370 e. The van der Waals surface area contributed by atoms with E-state index in [0.717, 1.165) is 37.2 Å². The summed E-state index contributed by atoms with van der Waals surface area (Å²) in [5.41, 5.74) is 1.35. The zero-order valence-electron chi connectivity index (χ0n) is 11.8. The Balaban J connectivity index is 1.83. The first-order chi connectivity index (χ1) is 8.69. The minimum Gasteiger partial charge on any atom is -0.370 e. The van der Waals surface area contributed by atoms with Crippen LogP contribution in [0.3, 0.4) is 0 Å². The highest BCUT2D eigenvalue weighted by Crippen LogP contribution is 2.38. The fourth-order valence-electron chi connectivity index (χ4n) is 2.35. The second kappa shape index (κ2) is 6.19. The predicted molar refractivity (Wildman–Crippen MR) is 76.6 cm³/mol. The van der Waals surface area contributed by atoms with Crippen LogP contribution in [0.5, 0.6) is 0 Å². The van der Waals surface area contributed by atoms with Gasteiger partial charge in [-0.05, 0) is 49.4 Å². The van der Waals surface area contributed by atoms with Crippen LogP contribution in [-0.2, 0) is 6.54 Å². The van der Waals surface area contributed by atoms with Crippen molar-refractivity contribution in [1.29, 1.82) is 0 Å². The Hall–Kier alpha value is -1.09. The van der Waals surface area contributed by atoms with Crippen molar-refractivity contribution in [2.45, 2.75) is 33.2 Å². The zero-order chi connectivity index (χ0) is 13.0. The summed E-state index contributed by atoms with van der Waals surface area (Å²) in [7, 11) is 2.21. The lowest BCUT2D eigenvalue weighted by Gasteiger charge is -2.17. The summed E-state index contributed by atoms with van der Waals surface area (Å²) in [5, 5.41) is 3.34. The van der Waals surface area contributed by atoms with E-state index in [4.69, 9.17) is 0 Å². The van der Waals surface area contributed by atoms with E-state index >= 15 is 0 Å². The third kappa shape index (κ3) is 3.98. The Labute approximate surface area is 111 Å². The summed E-state index contributed by atoms with van der Waals surface area (Å²) >= 11 is 0. The average molecular weight is 247 g/mol. The molecule has 3 heteroatoms. The van der Waals surface area contributed by atoms with Crippen LogP contribution >= 0.6 is 0 Å². The number of pyridine rings is 1. The zero-order valence-corrected chi connectivity index (χ0v) is 11.8. The Morgan fingerprint density at radius 1 is 1.50 bits per heavy atom. The standard InChI is InChI=1S/C15H25N3/c1-4-6-16-15-9-13(5-7-17-15)10-18(3)11-14-8-12(14)2/h5,7,9,12,14H,4,6,8,10-11H2,1-3H3,(H,16,17). The molecule has 0 saturated heterocycles. The first kappa shape index (κ1) is 13.3. The molecule has 0 amide bonds. The highest BCUT2D eigenvalue weighted by molar-refractivity contribution is 5.37. The van der Waals surface area contributed by atoms with Crippen LogP contribution in [0.15, 0.2) is 18.3 Å². The lowest BCUT2D eigenvalue weighted by molar-refractivity contribution is 0.307. The molecule has 18 heavy (non-hydrogen) atoms. The summed E-state index contributed by atoms with van der Waals surface area (Å²) < 4.78 is 0. The highest BCUT2D eigenvalue weighted by Gasteiger charge is 2.32. The SMILES string of the molecule is CCCNc1cc(CN(C)CC2CC2C)ccn1. The van der Waals surface area contributed by atoms with E-state index in [1.165, 1.54) is 18.5 Å². The Kier molecular flexibility index (Phi) is 4.59. The van der Waals surface area contributed by atoms with E-state index in [9.17, 15) is 0 Å². The van der Waals surface area contributed by atoms with Crippen LogP contribution < -0.4 is 5.32 Å². The Morgan fingerprint density at radius 2 is 2.28 bits per heavy atom.